The van der Waals surface area contributed by atoms with Crippen molar-refractivity contribution >= 4 is 27.6 Å². The molecule has 0 aromatic carbocycles. The van der Waals surface area contributed by atoms with Gasteiger partial charge in [0.05, 0.1) is 0 Å². The van der Waals surface area contributed by atoms with Gasteiger partial charge in [-0.25, -0.2) is 23.5 Å². The molecule has 17 heavy (non-hydrogen) atoms. The normalized spacial score (nSPS) is 11.8. The first-order valence-electron chi connectivity index (χ1n) is 4.90. The molecule has 96 valence electrons. The lowest BCUT2D eigenvalue weighted by molar-refractivity contribution is 0.488. The molecule has 0 amide bonds. The van der Waals surface area contributed by atoms with Crippen LogP contribution in [0.4, 0.5) is 5.82 Å². The summed E-state index contributed by atoms with van der Waals surface area (Å²) in [5.41, 5.74) is 2.35. The Morgan fingerprint density at radius 2 is 2.24 bits per heavy atom. The number of anilines is 1. The average Bonchev–Trinajstić information content (AvgIpc) is 2.35. The fraction of sp³-hybridized carbons (Fsp3) is 0.444. The highest BCUT2D eigenvalue weighted by atomic mass is 32.2. The SMILES string of the molecule is CSCCN(C)S(=O)(=O)c1ccc(NN)nc1. The second-order valence-corrected chi connectivity index (χ2v) is 6.37. The Morgan fingerprint density at radius 3 is 2.71 bits per heavy atom. The number of aromatic nitrogens is 1. The van der Waals surface area contributed by atoms with Crippen LogP contribution in [-0.2, 0) is 10.0 Å². The summed E-state index contributed by atoms with van der Waals surface area (Å²) < 4.78 is 25.4. The molecule has 0 radical (unpaired) electrons. The molecule has 1 rings (SSSR count). The first-order chi connectivity index (χ1) is 8.02. The van der Waals surface area contributed by atoms with Crippen molar-refractivity contribution in [2.75, 3.05) is 31.0 Å². The van der Waals surface area contributed by atoms with Gasteiger partial charge in [0, 0.05) is 25.5 Å². The first kappa shape index (κ1) is 14.2. The maximum Gasteiger partial charge on any atom is 0.244 e. The van der Waals surface area contributed by atoms with E-state index in [4.69, 9.17) is 5.84 Å². The van der Waals surface area contributed by atoms with Crippen LogP contribution in [0.25, 0.3) is 0 Å². The Bertz CT molecular complexity index is 447. The highest BCUT2D eigenvalue weighted by Crippen LogP contribution is 2.14. The van der Waals surface area contributed by atoms with Crippen molar-refractivity contribution in [2.45, 2.75) is 4.90 Å². The van der Waals surface area contributed by atoms with Gasteiger partial charge in [0.15, 0.2) is 0 Å². The number of nitrogens with one attached hydrogen (secondary N) is 1. The number of nitrogens with zero attached hydrogens (tertiary/aromatic N) is 2. The van der Waals surface area contributed by atoms with Crippen LogP contribution >= 0.6 is 11.8 Å². The van der Waals surface area contributed by atoms with Gasteiger partial charge in [-0.1, -0.05) is 0 Å². The fourth-order valence-corrected chi connectivity index (χ4v) is 2.83. The lowest BCUT2D eigenvalue weighted by atomic mass is 10.5. The molecule has 0 atom stereocenters. The zero-order valence-corrected chi connectivity index (χ0v) is 11.4. The predicted octanol–water partition coefficient (Wildman–Crippen LogP) is 0.351. The highest BCUT2D eigenvalue weighted by Gasteiger charge is 2.20. The largest absolute Gasteiger partial charge is 0.308 e. The van der Waals surface area contributed by atoms with E-state index in [2.05, 4.69) is 10.4 Å². The first-order valence-corrected chi connectivity index (χ1v) is 7.73. The zero-order chi connectivity index (χ0) is 12.9. The summed E-state index contributed by atoms with van der Waals surface area (Å²) in [5.74, 6) is 6.34. The molecule has 0 fully saturated rings. The van der Waals surface area contributed by atoms with E-state index in [0.29, 0.717) is 12.4 Å². The molecule has 1 heterocycles. The van der Waals surface area contributed by atoms with E-state index in [1.54, 1.807) is 18.8 Å². The monoisotopic (exact) mass is 276 g/mol. The van der Waals surface area contributed by atoms with Gasteiger partial charge in [-0.05, 0) is 18.4 Å². The molecule has 1 aromatic heterocycles. The van der Waals surface area contributed by atoms with E-state index < -0.39 is 10.0 Å². The topological polar surface area (TPSA) is 88.3 Å². The van der Waals surface area contributed by atoms with Gasteiger partial charge in [-0.2, -0.15) is 11.8 Å². The Morgan fingerprint density at radius 1 is 1.53 bits per heavy atom. The van der Waals surface area contributed by atoms with Crippen LogP contribution in [0.5, 0.6) is 0 Å². The van der Waals surface area contributed by atoms with E-state index in [0.717, 1.165) is 5.75 Å². The molecule has 3 N–H and O–H groups in total. The number of pyridine rings is 1. The average molecular weight is 276 g/mol. The van der Waals surface area contributed by atoms with Crippen molar-refractivity contribution in [1.29, 1.82) is 0 Å². The molecule has 0 spiro atoms. The number of hydrogen-bond acceptors (Lipinski definition) is 6. The maximum absolute atomic E-state index is 12.1. The molecule has 8 heteroatoms. The van der Waals surface area contributed by atoms with E-state index in [-0.39, 0.29) is 4.90 Å². The van der Waals surface area contributed by atoms with E-state index >= 15 is 0 Å². The van der Waals surface area contributed by atoms with Crippen molar-refractivity contribution in [2.24, 2.45) is 5.84 Å². The van der Waals surface area contributed by atoms with Crippen LogP contribution in [0, 0.1) is 0 Å². The molecule has 0 saturated carbocycles. The van der Waals surface area contributed by atoms with Crippen molar-refractivity contribution in [3.63, 3.8) is 0 Å². The number of sulfonamides is 1. The van der Waals surface area contributed by atoms with Gasteiger partial charge in [0.25, 0.3) is 0 Å². The number of hydrogen-bond donors (Lipinski definition) is 2. The van der Waals surface area contributed by atoms with Gasteiger partial charge >= 0.3 is 0 Å². The Hall–Kier alpha value is -0.830. The molecule has 0 bridgehead atoms. The van der Waals surface area contributed by atoms with Crippen LogP contribution in [0.2, 0.25) is 0 Å². The van der Waals surface area contributed by atoms with Crippen LogP contribution in [-0.4, -0.2) is 43.3 Å². The summed E-state index contributed by atoms with van der Waals surface area (Å²) in [6.45, 7) is 0.473. The summed E-state index contributed by atoms with van der Waals surface area (Å²) in [6.07, 6.45) is 3.23. The van der Waals surface area contributed by atoms with Crippen molar-refractivity contribution in [1.82, 2.24) is 9.29 Å². The fourth-order valence-electron chi connectivity index (χ4n) is 1.14. The highest BCUT2D eigenvalue weighted by molar-refractivity contribution is 7.98. The summed E-state index contributed by atoms with van der Waals surface area (Å²) >= 11 is 1.60. The maximum atomic E-state index is 12.1. The smallest absolute Gasteiger partial charge is 0.244 e. The van der Waals surface area contributed by atoms with Gasteiger partial charge in [0.1, 0.15) is 10.7 Å². The molecular formula is C9H16N4O2S2. The molecule has 6 nitrogen and oxygen atoms in total. The molecule has 0 aliphatic heterocycles. The Balaban J connectivity index is 2.88. The Kier molecular flexibility index (Phi) is 5.19. The summed E-state index contributed by atoms with van der Waals surface area (Å²) in [7, 11) is -1.89. The third kappa shape index (κ3) is 3.56. The number of hydrazine groups is 1. The summed E-state index contributed by atoms with van der Waals surface area (Å²) in [4.78, 5) is 4.05. The van der Waals surface area contributed by atoms with Gasteiger partial charge in [0.2, 0.25) is 10.0 Å². The molecule has 0 saturated heterocycles. The van der Waals surface area contributed by atoms with Gasteiger partial charge in [-0.3, -0.25) is 0 Å². The number of nitrogen functional groups attached to an aromatic ring is 1. The minimum Gasteiger partial charge on any atom is -0.308 e. The zero-order valence-electron chi connectivity index (χ0n) is 9.75. The van der Waals surface area contributed by atoms with Crippen LogP contribution < -0.4 is 11.3 Å². The van der Waals surface area contributed by atoms with E-state index in [1.807, 2.05) is 6.26 Å². The second-order valence-electron chi connectivity index (χ2n) is 3.34. The van der Waals surface area contributed by atoms with Crippen LogP contribution in [0.1, 0.15) is 0 Å². The molecule has 0 aliphatic rings. The van der Waals surface area contributed by atoms with Crippen molar-refractivity contribution < 1.29 is 8.42 Å². The van der Waals surface area contributed by atoms with Crippen LogP contribution in [0.3, 0.4) is 0 Å². The van der Waals surface area contributed by atoms with E-state index in [9.17, 15) is 8.42 Å². The quantitative estimate of drug-likeness (QED) is 0.576. The standard InChI is InChI=1S/C9H16N4O2S2/c1-13(5-6-16-2)17(14,15)8-3-4-9(12-10)11-7-8/h3-4,7H,5-6,10H2,1-2H3,(H,11,12). The number of nitrogens with two attached hydrogens (primary N) is 1. The third-order valence-electron chi connectivity index (χ3n) is 2.20. The molecule has 0 unspecified atom stereocenters. The Labute approximate surface area is 106 Å². The minimum atomic E-state index is -3.45. The number of thioether (sulfide) groups is 1. The summed E-state index contributed by atoms with van der Waals surface area (Å²) in [5, 5.41) is 0. The van der Waals surface area contributed by atoms with Crippen molar-refractivity contribution in [3.05, 3.63) is 18.3 Å². The lowest BCUT2D eigenvalue weighted by Gasteiger charge is -2.16. The van der Waals surface area contributed by atoms with E-state index in [1.165, 1.54) is 22.6 Å². The molecule has 0 aliphatic carbocycles. The molecular weight excluding hydrogens is 260 g/mol. The second kappa shape index (κ2) is 6.20. The van der Waals surface area contributed by atoms with Crippen LogP contribution in [0.15, 0.2) is 23.2 Å². The molecule has 1 aromatic rings. The van der Waals surface area contributed by atoms with Gasteiger partial charge in [-0.15, -0.1) is 0 Å². The van der Waals surface area contributed by atoms with Crippen molar-refractivity contribution in [3.8, 4) is 0 Å². The predicted molar refractivity (Wildman–Crippen MR) is 70.2 cm³/mol. The number of rotatable bonds is 6. The summed E-state index contributed by atoms with van der Waals surface area (Å²) in [6, 6.07) is 3.00. The third-order valence-corrected chi connectivity index (χ3v) is 4.63. The lowest BCUT2D eigenvalue weighted by Crippen LogP contribution is -2.29. The van der Waals surface area contributed by atoms with Gasteiger partial charge < -0.3 is 5.43 Å². The minimum absolute atomic E-state index is 0.167.